The van der Waals surface area contributed by atoms with Crippen LogP contribution < -0.4 is 15.5 Å². The highest BCUT2D eigenvalue weighted by atomic mass is 35.5. The Morgan fingerprint density at radius 1 is 1.10 bits per heavy atom. The zero-order valence-corrected chi connectivity index (χ0v) is 17.4. The van der Waals surface area contributed by atoms with E-state index in [-0.39, 0.29) is 12.4 Å². The standard InChI is InChI=1S/C20H20F4N6.ClH/c1-12(13-3-2-4-14(9-13)20(22,23)24)26-19-15-10-18(30-7-5-25-6-8-30)16(21)11-17(15)27-29-28-19;/h2-4,9-12,25H,5-8H2,1H3,(H,26,27,28);1H/t12-;/m1./s1. The smallest absolute Gasteiger partial charge is 0.367 e. The molecule has 0 radical (unpaired) electrons. The second kappa shape index (κ2) is 9.19. The number of nitrogens with zero attached hydrogens (tertiary/aromatic N) is 4. The first-order valence-corrected chi connectivity index (χ1v) is 9.55. The van der Waals surface area contributed by atoms with Crippen LogP contribution in [0.2, 0.25) is 0 Å². The van der Waals surface area contributed by atoms with Crippen LogP contribution >= 0.6 is 12.4 Å². The van der Waals surface area contributed by atoms with E-state index < -0.39 is 23.6 Å². The number of aromatic nitrogens is 3. The molecule has 0 amide bonds. The Kier molecular flexibility index (Phi) is 6.80. The summed E-state index contributed by atoms with van der Waals surface area (Å²) in [6.45, 7) is 4.56. The Morgan fingerprint density at radius 2 is 1.84 bits per heavy atom. The van der Waals surface area contributed by atoms with Crippen LogP contribution in [-0.2, 0) is 6.18 Å². The van der Waals surface area contributed by atoms with Crippen molar-refractivity contribution >= 4 is 34.8 Å². The number of benzene rings is 2. The molecule has 1 fully saturated rings. The van der Waals surface area contributed by atoms with Crippen molar-refractivity contribution in [2.45, 2.75) is 19.1 Å². The summed E-state index contributed by atoms with van der Waals surface area (Å²) < 4.78 is 53.7. The fourth-order valence-electron chi connectivity index (χ4n) is 3.52. The maximum atomic E-state index is 14.6. The SMILES string of the molecule is C[C@@H](Nc1nnnc2cc(F)c(N3CCNCC3)cc12)c1cccc(C(F)(F)F)c1.Cl. The van der Waals surface area contributed by atoms with E-state index in [4.69, 9.17) is 0 Å². The van der Waals surface area contributed by atoms with Crippen LogP contribution in [0.15, 0.2) is 36.4 Å². The van der Waals surface area contributed by atoms with Gasteiger partial charge in [0.1, 0.15) is 11.3 Å². The van der Waals surface area contributed by atoms with Gasteiger partial charge in [0, 0.05) is 37.6 Å². The molecule has 0 spiro atoms. The number of fused-ring (bicyclic) bond motifs is 1. The maximum absolute atomic E-state index is 14.6. The average Bonchev–Trinajstić information content (AvgIpc) is 2.73. The van der Waals surface area contributed by atoms with Gasteiger partial charge in [0.15, 0.2) is 5.82 Å². The summed E-state index contributed by atoms with van der Waals surface area (Å²) >= 11 is 0. The molecule has 2 heterocycles. The molecule has 11 heteroatoms. The van der Waals surface area contributed by atoms with Crippen molar-refractivity contribution in [3.8, 4) is 0 Å². The highest BCUT2D eigenvalue weighted by molar-refractivity contribution is 5.91. The Hall–Kier alpha value is -2.72. The molecule has 2 aromatic carbocycles. The second-order valence-corrected chi connectivity index (χ2v) is 7.19. The zero-order valence-electron chi connectivity index (χ0n) is 16.6. The molecule has 1 aliphatic heterocycles. The van der Waals surface area contributed by atoms with Crippen molar-refractivity contribution in [1.82, 2.24) is 20.7 Å². The predicted octanol–water partition coefficient (Wildman–Crippen LogP) is 4.19. The van der Waals surface area contributed by atoms with Gasteiger partial charge in [0.05, 0.1) is 17.3 Å². The highest BCUT2D eigenvalue weighted by Crippen LogP contribution is 2.33. The Bertz CT molecular complexity index is 1060. The van der Waals surface area contributed by atoms with Gasteiger partial charge < -0.3 is 15.5 Å². The maximum Gasteiger partial charge on any atom is 0.416 e. The molecular weight excluding hydrogens is 436 g/mol. The number of alkyl halides is 3. The van der Waals surface area contributed by atoms with Crippen molar-refractivity contribution in [3.05, 3.63) is 53.3 Å². The second-order valence-electron chi connectivity index (χ2n) is 7.19. The summed E-state index contributed by atoms with van der Waals surface area (Å²) in [5.74, 6) is -0.0666. The fourth-order valence-corrected chi connectivity index (χ4v) is 3.52. The van der Waals surface area contributed by atoms with E-state index in [1.54, 1.807) is 19.1 Å². The summed E-state index contributed by atoms with van der Waals surface area (Å²) in [5.41, 5.74) is 0.483. The third kappa shape index (κ3) is 4.96. The monoisotopic (exact) mass is 456 g/mol. The van der Waals surface area contributed by atoms with Gasteiger partial charge in [0.25, 0.3) is 0 Å². The molecular formula is C20H21ClF4N6. The minimum atomic E-state index is -4.42. The Morgan fingerprint density at radius 3 is 2.55 bits per heavy atom. The average molecular weight is 457 g/mol. The molecule has 0 unspecified atom stereocenters. The van der Waals surface area contributed by atoms with E-state index in [1.165, 1.54) is 12.1 Å². The molecule has 31 heavy (non-hydrogen) atoms. The quantitative estimate of drug-likeness (QED) is 0.574. The first-order valence-electron chi connectivity index (χ1n) is 9.55. The van der Waals surface area contributed by atoms with E-state index in [0.29, 0.717) is 41.1 Å². The van der Waals surface area contributed by atoms with Gasteiger partial charge >= 0.3 is 6.18 Å². The van der Waals surface area contributed by atoms with Gasteiger partial charge in [-0.3, -0.25) is 0 Å². The van der Waals surface area contributed by atoms with Crippen LogP contribution in [0.3, 0.4) is 0 Å². The summed E-state index contributed by atoms with van der Waals surface area (Å²) in [7, 11) is 0. The lowest BCUT2D eigenvalue weighted by atomic mass is 10.0. The van der Waals surface area contributed by atoms with Crippen LogP contribution in [0.4, 0.5) is 29.1 Å². The molecule has 1 aliphatic rings. The third-order valence-corrected chi connectivity index (χ3v) is 5.14. The van der Waals surface area contributed by atoms with Crippen LogP contribution in [0.25, 0.3) is 10.9 Å². The first-order chi connectivity index (χ1) is 14.3. The van der Waals surface area contributed by atoms with Crippen molar-refractivity contribution in [3.63, 3.8) is 0 Å². The Labute approximate surface area is 182 Å². The summed E-state index contributed by atoms with van der Waals surface area (Å²) in [6.07, 6.45) is -4.42. The summed E-state index contributed by atoms with van der Waals surface area (Å²) in [4.78, 5) is 1.94. The lowest BCUT2D eigenvalue weighted by molar-refractivity contribution is -0.137. The molecule has 0 saturated carbocycles. The molecule has 0 aliphatic carbocycles. The summed E-state index contributed by atoms with van der Waals surface area (Å²) in [6, 6.07) is 7.58. The Balaban J connectivity index is 0.00000272. The minimum Gasteiger partial charge on any atom is -0.367 e. The number of halogens is 5. The molecule has 3 aromatic rings. The molecule has 2 N–H and O–H groups in total. The number of anilines is 2. The molecule has 166 valence electrons. The van der Waals surface area contributed by atoms with E-state index >= 15 is 0 Å². The number of hydrogen-bond donors (Lipinski definition) is 2. The number of nitrogens with one attached hydrogen (secondary N) is 2. The molecule has 6 nitrogen and oxygen atoms in total. The largest absolute Gasteiger partial charge is 0.416 e. The van der Waals surface area contributed by atoms with Crippen LogP contribution in [-0.4, -0.2) is 41.6 Å². The van der Waals surface area contributed by atoms with Gasteiger partial charge in [-0.2, -0.15) is 13.2 Å². The summed E-state index contributed by atoms with van der Waals surface area (Å²) in [5, 5.41) is 18.4. The minimum absolute atomic E-state index is 0. The molecule has 1 aromatic heterocycles. The number of piperazine rings is 1. The number of rotatable bonds is 4. The van der Waals surface area contributed by atoms with Crippen LogP contribution in [0.5, 0.6) is 0 Å². The molecule has 0 bridgehead atoms. The zero-order chi connectivity index (χ0) is 21.3. The predicted molar refractivity (Wildman–Crippen MR) is 113 cm³/mol. The van der Waals surface area contributed by atoms with E-state index in [2.05, 4.69) is 26.0 Å². The van der Waals surface area contributed by atoms with E-state index in [0.717, 1.165) is 25.2 Å². The van der Waals surface area contributed by atoms with Crippen molar-refractivity contribution in [2.24, 2.45) is 0 Å². The van der Waals surface area contributed by atoms with Crippen molar-refractivity contribution in [2.75, 3.05) is 36.4 Å². The fraction of sp³-hybridized carbons (Fsp3) is 0.350. The van der Waals surface area contributed by atoms with E-state index in [9.17, 15) is 17.6 Å². The first kappa shape index (κ1) is 23.0. The van der Waals surface area contributed by atoms with Crippen LogP contribution in [0.1, 0.15) is 24.1 Å². The van der Waals surface area contributed by atoms with Gasteiger partial charge in [-0.15, -0.1) is 22.6 Å². The van der Waals surface area contributed by atoms with Crippen molar-refractivity contribution in [1.29, 1.82) is 0 Å². The lowest BCUT2D eigenvalue weighted by Crippen LogP contribution is -2.43. The molecule has 1 atom stereocenters. The van der Waals surface area contributed by atoms with Crippen molar-refractivity contribution < 1.29 is 17.6 Å². The van der Waals surface area contributed by atoms with Gasteiger partial charge in [0.2, 0.25) is 0 Å². The van der Waals surface area contributed by atoms with Crippen LogP contribution in [0, 0.1) is 5.82 Å². The topological polar surface area (TPSA) is 66.0 Å². The van der Waals surface area contributed by atoms with Gasteiger partial charge in [-0.1, -0.05) is 12.1 Å². The van der Waals surface area contributed by atoms with Gasteiger partial charge in [-0.25, -0.2) is 4.39 Å². The van der Waals surface area contributed by atoms with Gasteiger partial charge in [-0.05, 0) is 35.9 Å². The van der Waals surface area contributed by atoms with E-state index in [1.807, 2.05) is 4.90 Å². The molecule has 1 saturated heterocycles. The normalized spacial score (nSPS) is 15.5. The lowest BCUT2D eigenvalue weighted by Gasteiger charge is -2.30. The number of hydrogen-bond acceptors (Lipinski definition) is 6. The molecule has 4 rings (SSSR count). The highest BCUT2D eigenvalue weighted by Gasteiger charge is 2.30. The third-order valence-electron chi connectivity index (χ3n) is 5.14.